The third-order valence-electron chi connectivity index (χ3n) is 7.59. The molecule has 1 aliphatic rings. The molecule has 1 heterocycles. The second-order valence-corrected chi connectivity index (χ2v) is 9.98. The Labute approximate surface area is 221 Å². The van der Waals surface area contributed by atoms with Crippen LogP contribution in [-0.2, 0) is 36.2 Å². The van der Waals surface area contributed by atoms with E-state index >= 15 is 0 Å². The molecule has 3 aromatic rings. The van der Waals surface area contributed by atoms with Gasteiger partial charge in [-0.15, -0.1) is 11.8 Å². The number of aliphatic carboxylic acids is 1. The second-order valence-electron chi connectivity index (χ2n) is 9.98. The molecule has 0 radical (unpaired) electrons. The van der Waals surface area contributed by atoms with Crippen LogP contribution < -0.4 is 4.74 Å². The fourth-order valence-corrected chi connectivity index (χ4v) is 5.17. The first-order valence-corrected chi connectivity index (χ1v) is 13.2. The van der Waals surface area contributed by atoms with Crippen LogP contribution in [0.25, 0.3) is 0 Å². The summed E-state index contributed by atoms with van der Waals surface area (Å²) in [6.07, 6.45) is 3.49. The maximum Gasteiger partial charge on any atom is 0.304 e. The maximum absolute atomic E-state index is 11.6. The summed E-state index contributed by atoms with van der Waals surface area (Å²) in [4.78, 5) is 14.1. The van der Waals surface area contributed by atoms with E-state index in [1.807, 2.05) is 31.2 Å². The summed E-state index contributed by atoms with van der Waals surface area (Å²) >= 11 is 0. The molecule has 1 N–H and O–H groups in total. The molecule has 192 valence electrons. The predicted octanol–water partition coefficient (Wildman–Crippen LogP) is 6.40. The number of hydrogen-bond donors (Lipinski definition) is 1. The molecule has 4 nitrogen and oxygen atoms in total. The van der Waals surface area contributed by atoms with Gasteiger partial charge >= 0.3 is 5.97 Å². The number of nitrogens with zero attached hydrogens (tertiary/aromatic N) is 1. The Balaban J connectivity index is 1.29. The third kappa shape index (κ3) is 7.02. The molecule has 3 aromatic carbocycles. The van der Waals surface area contributed by atoms with Gasteiger partial charge < -0.3 is 9.84 Å². The van der Waals surface area contributed by atoms with Gasteiger partial charge in [-0.3, -0.25) is 9.69 Å². The summed E-state index contributed by atoms with van der Waals surface area (Å²) in [6, 6.07) is 25.3. The average molecular weight is 496 g/mol. The molecule has 0 saturated heterocycles. The van der Waals surface area contributed by atoms with E-state index in [-0.39, 0.29) is 6.42 Å². The predicted molar refractivity (Wildman–Crippen MR) is 149 cm³/mol. The quantitative estimate of drug-likeness (QED) is 0.313. The standard InChI is InChI=1S/C33H37NO3/c1-3-5-20-33(4-2,23-32(35)36)30-14-16-31(17-15-30)37-25-27-12-10-26(11-13-27)18-21-34-22-19-28-8-6-7-9-29(28)24-34/h6-17H,4,18-25H2,1-2H3,(H,35,36). The summed E-state index contributed by atoms with van der Waals surface area (Å²) in [6.45, 7) is 7.56. The molecular formula is C33H37NO3. The van der Waals surface area contributed by atoms with Crippen molar-refractivity contribution in [3.05, 3.63) is 101 Å². The number of hydrogen-bond acceptors (Lipinski definition) is 3. The number of carboxylic acids is 1. The van der Waals surface area contributed by atoms with Gasteiger partial charge in [0.1, 0.15) is 12.4 Å². The van der Waals surface area contributed by atoms with Crippen LogP contribution in [0.3, 0.4) is 0 Å². The fourth-order valence-electron chi connectivity index (χ4n) is 5.17. The van der Waals surface area contributed by atoms with Gasteiger partial charge in [-0.1, -0.05) is 67.6 Å². The normalized spacial score (nSPS) is 14.6. The Hall–Kier alpha value is -3.55. The molecule has 1 atom stereocenters. The highest BCUT2D eigenvalue weighted by Gasteiger charge is 2.32. The number of rotatable bonds is 11. The van der Waals surface area contributed by atoms with E-state index in [1.165, 1.54) is 16.7 Å². The third-order valence-corrected chi connectivity index (χ3v) is 7.59. The molecule has 1 aliphatic heterocycles. The van der Waals surface area contributed by atoms with Crippen LogP contribution in [0.15, 0.2) is 72.8 Å². The first-order chi connectivity index (χ1) is 18.0. The molecule has 0 saturated carbocycles. The van der Waals surface area contributed by atoms with Crippen LogP contribution in [0.1, 0.15) is 60.9 Å². The van der Waals surface area contributed by atoms with E-state index in [1.54, 1.807) is 6.92 Å². The van der Waals surface area contributed by atoms with Crippen LogP contribution in [0.4, 0.5) is 0 Å². The molecule has 4 rings (SSSR count). The minimum absolute atomic E-state index is 0.0653. The molecule has 0 aliphatic carbocycles. The van der Waals surface area contributed by atoms with Gasteiger partial charge in [0.25, 0.3) is 0 Å². The summed E-state index contributed by atoms with van der Waals surface area (Å²) in [5.74, 6) is 5.98. The highest BCUT2D eigenvalue weighted by Crippen LogP contribution is 2.36. The van der Waals surface area contributed by atoms with Crippen molar-refractivity contribution in [3.63, 3.8) is 0 Å². The van der Waals surface area contributed by atoms with Gasteiger partial charge in [-0.2, -0.15) is 0 Å². The zero-order chi connectivity index (χ0) is 26.1. The lowest BCUT2D eigenvalue weighted by molar-refractivity contribution is -0.138. The van der Waals surface area contributed by atoms with Gasteiger partial charge in [-0.25, -0.2) is 0 Å². The van der Waals surface area contributed by atoms with Crippen LogP contribution in [0.2, 0.25) is 0 Å². The van der Waals surface area contributed by atoms with Gasteiger partial charge in [0.15, 0.2) is 0 Å². The zero-order valence-corrected chi connectivity index (χ0v) is 22.0. The lowest BCUT2D eigenvalue weighted by Gasteiger charge is -2.30. The average Bonchev–Trinajstić information content (AvgIpc) is 2.93. The van der Waals surface area contributed by atoms with Crippen LogP contribution >= 0.6 is 0 Å². The van der Waals surface area contributed by atoms with E-state index in [0.717, 1.165) is 49.4 Å². The van der Waals surface area contributed by atoms with Crippen molar-refractivity contribution in [1.29, 1.82) is 0 Å². The highest BCUT2D eigenvalue weighted by molar-refractivity contribution is 5.69. The van der Waals surface area contributed by atoms with Gasteiger partial charge in [0.05, 0.1) is 6.42 Å². The molecule has 4 heteroatoms. The molecule has 37 heavy (non-hydrogen) atoms. The van der Waals surface area contributed by atoms with E-state index < -0.39 is 11.4 Å². The maximum atomic E-state index is 11.6. The van der Waals surface area contributed by atoms with Crippen LogP contribution in [0, 0.1) is 11.8 Å². The van der Waals surface area contributed by atoms with Crippen LogP contribution in [0.5, 0.6) is 5.75 Å². The molecule has 1 unspecified atom stereocenters. The van der Waals surface area contributed by atoms with Gasteiger partial charge in [-0.05, 0) is 66.1 Å². The van der Waals surface area contributed by atoms with E-state index in [2.05, 4.69) is 65.3 Å². The number of ether oxygens (including phenoxy) is 1. The summed E-state index contributed by atoms with van der Waals surface area (Å²) in [7, 11) is 0. The monoisotopic (exact) mass is 495 g/mol. The minimum atomic E-state index is -0.801. The Morgan fingerprint density at radius 3 is 2.38 bits per heavy atom. The number of carbonyl (C=O) groups is 1. The minimum Gasteiger partial charge on any atom is -0.489 e. The smallest absolute Gasteiger partial charge is 0.304 e. The van der Waals surface area contributed by atoms with Crippen molar-refractivity contribution in [3.8, 4) is 17.6 Å². The number of fused-ring (bicyclic) bond motifs is 1. The number of benzene rings is 3. The SMILES string of the molecule is CC#CCC(CC)(CC(=O)O)c1ccc(OCc2ccc(CCN3CCc4ccccc4C3)cc2)cc1. The fraction of sp³-hybridized carbons (Fsp3) is 0.364. The molecular weight excluding hydrogens is 458 g/mol. The molecule has 0 amide bonds. The van der Waals surface area contributed by atoms with Crippen molar-refractivity contribution < 1.29 is 14.6 Å². The number of carboxylic acid groups (broad SMARTS) is 1. The Bertz CT molecular complexity index is 1240. The van der Waals surface area contributed by atoms with E-state index in [9.17, 15) is 9.90 Å². The highest BCUT2D eigenvalue weighted by atomic mass is 16.5. The van der Waals surface area contributed by atoms with Crippen molar-refractivity contribution in [2.45, 2.75) is 64.5 Å². The molecule has 0 bridgehead atoms. The summed E-state index contributed by atoms with van der Waals surface area (Å²) < 4.78 is 6.03. The van der Waals surface area contributed by atoms with E-state index in [4.69, 9.17) is 4.74 Å². The first kappa shape index (κ1) is 26.5. The summed E-state index contributed by atoms with van der Waals surface area (Å²) in [5.41, 5.74) is 5.94. The Kier molecular flexibility index (Phi) is 9.04. The van der Waals surface area contributed by atoms with Crippen molar-refractivity contribution in [2.75, 3.05) is 13.1 Å². The van der Waals surface area contributed by atoms with Gasteiger partial charge in [0, 0.05) is 31.5 Å². The zero-order valence-electron chi connectivity index (χ0n) is 22.0. The Morgan fingerprint density at radius 1 is 1.00 bits per heavy atom. The lowest BCUT2D eigenvalue weighted by atomic mass is 9.73. The largest absolute Gasteiger partial charge is 0.489 e. The first-order valence-electron chi connectivity index (χ1n) is 13.2. The van der Waals surface area contributed by atoms with Crippen molar-refractivity contribution in [1.82, 2.24) is 4.90 Å². The topological polar surface area (TPSA) is 49.8 Å². The van der Waals surface area contributed by atoms with Crippen molar-refractivity contribution in [2.24, 2.45) is 0 Å². The Morgan fingerprint density at radius 2 is 1.70 bits per heavy atom. The second kappa shape index (κ2) is 12.6. The molecule has 0 spiro atoms. The van der Waals surface area contributed by atoms with Crippen LogP contribution in [-0.4, -0.2) is 29.1 Å². The molecule has 0 aromatic heterocycles. The summed E-state index contributed by atoms with van der Waals surface area (Å²) in [5, 5.41) is 9.49. The lowest BCUT2D eigenvalue weighted by Crippen LogP contribution is -2.32. The van der Waals surface area contributed by atoms with E-state index in [0.29, 0.717) is 19.4 Å². The molecule has 0 fully saturated rings. The van der Waals surface area contributed by atoms with Gasteiger partial charge in [0.2, 0.25) is 0 Å². The van der Waals surface area contributed by atoms with Crippen molar-refractivity contribution >= 4 is 5.97 Å².